The minimum Gasteiger partial charge on any atom is -0.295 e. The van der Waals surface area contributed by atoms with Crippen LogP contribution in [0.1, 0.15) is 35.8 Å². The van der Waals surface area contributed by atoms with Crippen molar-refractivity contribution in [2.24, 2.45) is 7.05 Å². The van der Waals surface area contributed by atoms with Gasteiger partial charge in [-0.05, 0) is 17.5 Å². The summed E-state index contributed by atoms with van der Waals surface area (Å²) in [5, 5.41) is 15.8. The standard InChI is InChI=1S/C17H17N5O2S/c1-10(2)11-4-6-12(7-5-11)16-19-20-17(25-16)18-15(24)13-8-9-14(23)22(3)21-13/h4-10H,1-3H3,(H,18,20,24). The molecule has 8 heteroatoms. The van der Waals surface area contributed by atoms with Crippen LogP contribution in [-0.4, -0.2) is 25.9 Å². The van der Waals surface area contributed by atoms with Crippen LogP contribution in [0.15, 0.2) is 41.2 Å². The third kappa shape index (κ3) is 3.80. The number of aromatic nitrogens is 4. The van der Waals surface area contributed by atoms with E-state index in [9.17, 15) is 9.59 Å². The lowest BCUT2D eigenvalue weighted by molar-refractivity contribution is 0.102. The van der Waals surface area contributed by atoms with Gasteiger partial charge in [-0.1, -0.05) is 49.4 Å². The van der Waals surface area contributed by atoms with E-state index in [1.165, 1.54) is 36.1 Å². The second kappa shape index (κ2) is 6.94. The number of amides is 1. The molecule has 0 saturated carbocycles. The molecule has 3 rings (SSSR count). The molecule has 0 radical (unpaired) electrons. The smallest absolute Gasteiger partial charge is 0.277 e. The number of rotatable bonds is 4. The second-order valence-electron chi connectivity index (χ2n) is 5.82. The van der Waals surface area contributed by atoms with Gasteiger partial charge < -0.3 is 0 Å². The molecule has 0 bridgehead atoms. The molecule has 0 saturated heterocycles. The molecule has 1 N–H and O–H groups in total. The third-order valence-corrected chi connectivity index (χ3v) is 4.55. The summed E-state index contributed by atoms with van der Waals surface area (Å²) >= 11 is 1.28. The Hall–Kier alpha value is -2.87. The lowest BCUT2D eigenvalue weighted by Crippen LogP contribution is -2.23. The fraction of sp³-hybridized carbons (Fsp3) is 0.235. The summed E-state index contributed by atoms with van der Waals surface area (Å²) in [5.74, 6) is 0.0288. The summed E-state index contributed by atoms with van der Waals surface area (Å²) in [4.78, 5) is 23.5. The molecule has 1 amide bonds. The summed E-state index contributed by atoms with van der Waals surface area (Å²) in [6.45, 7) is 4.28. The molecule has 3 aromatic rings. The maximum atomic E-state index is 12.2. The molecule has 0 aliphatic heterocycles. The number of nitrogens with zero attached hydrogens (tertiary/aromatic N) is 4. The molecule has 0 fully saturated rings. The Bertz CT molecular complexity index is 960. The Labute approximate surface area is 148 Å². The molecule has 7 nitrogen and oxygen atoms in total. The van der Waals surface area contributed by atoms with Crippen LogP contribution in [0, 0.1) is 0 Å². The predicted molar refractivity (Wildman–Crippen MR) is 96.9 cm³/mol. The van der Waals surface area contributed by atoms with Crippen LogP contribution < -0.4 is 10.9 Å². The first-order chi connectivity index (χ1) is 11.9. The van der Waals surface area contributed by atoms with Crippen LogP contribution in [0.5, 0.6) is 0 Å². The van der Waals surface area contributed by atoms with Gasteiger partial charge in [-0.25, -0.2) is 4.68 Å². The molecule has 1 aromatic carbocycles. The monoisotopic (exact) mass is 355 g/mol. The number of carbonyl (C=O) groups excluding carboxylic acids is 1. The van der Waals surface area contributed by atoms with Crippen molar-refractivity contribution in [1.82, 2.24) is 20.0 Å². The van der Waals surface area contributed by atoms with E-state index >= 15 is 0 Å². The number of aryl methyl sites for hydroxylation is 1. The van der Waals surface area contributed by atoms with Crippen molar-refractivity contribution < 1.29 is 4.79 Å². The van der Waals surface area contributed by atoms with Gasteiger partial charge in [0, 0.05) is 18.7 Å². The van der Waals surface area contributed by atoms with Crippen molar-refractivity contribution in [3.05, 3.63) is 58.0 Å². The fourth-order valence-corrected chi connectivity index (χ4v) is 2.93. The van der Waals surface area contributed by atoms with Gasteiger partial charge in [0.1, 0.15) is 10.7 Å². The zero-order valence-corrected chi connectivity index (χ0v) is 14.9. The number of nitrogens with one attached hydrogen (secondary N) is 1. The van der Waals surface area contributed by atoms with E-state index in [1.807, 2.05) is 12.1 Å². The number of carbonyl (C=O) groups is 1. The average Bonchev–Trinajstić information content (AvgIpc) is 3.05. The van der Waals surface area contributed by atoms with Gasteiger partial charge in [0.05, 0.1) is 0 Å². The lowest BCUT2D eigenvalue weighted by Gasteiger charge is -2.04. The molecule has 0 aliphatic rings. The van der Waals surface area contributed by atoms with Gasteiger partial charge in [-0.3, -0.25) is 14.9 Å². The first-order valence-corrected chi connectivity index (χ1v) is 8.55. The van der Waals surface area contributed by atoms with Gasteiger partial charge in [0.25, 0.3) is 11.5 Å². The Morgan fingerprint density at radius 3 is 2.48 bits per heavy atom. The molecule has 0 unspecified atom stereocenters. The molecule has 2 aromatic heterocycles. The maximum absolute atomic E-state index is 12.2. The van der Waals surface area contributed by atoms with Crippen LogP contribution in [0.3, 0.4) is 0 Å². The van der Waals surface area contributed by atoms with Crippen molar-refractivity contribution in [3.63, 3.8) is 0 Å². The largest absolute Gasteiger partial charge is 0.295 e. The summed E-state index contributed by atoms with van der Waals surface area (Å²) in [7, 11) is 1.49. The number of hydrogen-bond donors (Lipinski definition) is 1. The van der Waals surface area contributed by atoms with E-state index in [0.717, 1.165) is 15.3 Å². The van der Waals surface area contributed by atoms with E-state index in [-0.39, 0.29) is 11.3 Å². The summed E-state index contributed by atoms with van der Waals surface area (Å²) < 4.78 is 1.11. The fourth-order valence-electron chi connectivity index (χ4n) is 2.19. The van der Waals surface area contributed by atoms with E-state index in [0.29, 0.717) is 11.0 Å². The minimum absolute atomic E-state index is 0.139. The highest BCUT2D eigenvalue weighted by Gasteiger charge is 2.13. The Morgan fingerprint density at radius 2 is 1.84 bits per heavy atom. The van der Waals surface area contributed by atoms with Crippen molar-refractivity contribution in [1.29, 1.82) is 0 Å². The van der Waals surface area contributed by atoms with Gasteiger partial charge in [-0.2, -0.15) is 5.10 Å². The first kappa shape index (κ1) is 17.0. The Kier molecular flexibility index (Phi) is 4.71. The number of benzene rings is 1. The van der Waals surface area contributed by atoms with Gasteiger partial charge in [0.2, 0.25) is 5.13 Å². The highest BCUT2D eigenvalue weighted by atomic mass is 32.1. The molecular formula is C17H17N5O2S. The molecule has 128 valence electrons. The predicted octanol–water partition coefficient (Wildman–Crippen LogP) is 2.67. The van der Waals surface area contributed by atoms with Crippen LogP contribution in [0.4, 0.5) is 5.13 Å². The number of hydrogen-bond acceptors (Lipinski definition) is 6. The minimum atomic E-state index is -0.437. The van der Waals surface area contributed by atoms with E-state index < -0.39 is 5.91 Å². The molecule has 25 heavy (non-hydrogen) atoms. The van der Waals surface area contributed by atoms with Crippen molar-refractivity contribution >= 4 is 22.4 Å². The topological polar surface area (TPSA) is 89.8 Å². The molecule has 2 heterocycles. The second-order valence-corrected chi connectivity index (χ2v) is 6.80. The quantitative estimate of drug-likeness (QED) is 0.777. The van der Waals surface area contributed by atoms with Crippen LogP contribution in [0.25, 0.3) is 10.6 Å². The van der Waals surface area contributed by atoms with Gasteiger partial charge in [-0.15, -0.1) is 10.2 Å². The number of anilines is 1. The normalized spacial score (nSPS) is 10.9. The zero-order chi connectivity index (χ0) is 18.0. The molecule has 0 aliphatic carbocycles. The van der Waals surface area contributed by atoms with Crippen molar-refractivity contribution in [2.45, 2.75) is 19.8 Å². The Morgan fingerprint density at radius 1 is 1.12 bits per heavy atom. The van der Waals surface area contributed by atoms with Crippen LogP contribution in [-0.2, 0) is 7.05 Å². The maximum Gasteiger partial charge on any atom is 0.277 e. The van der Waals surface area contributed by atoms with Crippen molar-refractivity contribution in [2.75, 3.05) is 5.32 Å². The average molecular weight is 355 g/mol. The summed E-state index contributed by atoms with van der Waals surface area (Å²) in [5.41, 5.74) is 2.06. The summed E-state index contributed by atoms with van der Waals surface area (Å²) in [6, 6.07) is 10.8. The van der Waals surface area contributed by atoms with E-state index in [4.69, 9.17) is 0 Å². The third-order valence-electron chi connectivity index (χ3n) is 3.66. The SMILES string of the molecule is CC(C)c1ccc(-c2nnc(NC(=O)c3ccc(=O)n(C)n3)s2)cc1. The first-order valence-electron chi connectivity index (χ1n) is 7.73. The highest BCUT2D eigenvalue weighted by Crippen LogP contribution is 2.27. The van der Waals surface area contributed by atoms with Crippen LogP contribution in [0.2, 0.25) is 0 Å². The van der Waals surface area contributed by atoms with E-state index in [1.54, 1.807) is 0 Å². The van der Waals surface area contributed by atoms with Gasteiger partial charge in [0.15, 0.2) is 0 Å². The van der Waals surface area contributed by atoms with Crippen molar-refractivity contribution in [3.8, 4) is 10.6 Å². The highest BCUT2D eigenvalue weighted by molar-refractivity contribution is 7.18. The Balaban J connectivity index is 1.75. The zero-order valence-electron chi connectivity index (χ0n) is 14.1. The van der Waals surface area contributed by atoms with Gasteiger partial charge >= 0.3 is 0 Å². The van der Waals surface area contributed by atoms with E-state index in [2.05, 4.69) is 46.6 Å². The molecular weight excluding hydrogens is 338 g/mol. The lowest BCUT2D eigenvalue weighted by atomic mass is 10.0. The summed E-state index contributed by atoms with van der Waals surface area (Å²) in [6.07, 6.45) is 0. The van der Waals surface area contributed by atoms with Crippen LogP contribution >= 0.6 is 11.3 Å². The molecule has 0 spiro atoms. The molecule has 0 atom stereocenters.